The van der Waals surface area contributed by atoms with E-state index < -0.39 is 57.0 Å². The average Bonchev–Trinajstić information content (AvgIpc) is 3.07. The Balaban J connectivity index is 1.37. The Hall–Kier alpha value is -2.51. The Bertz CT molecular complexity index is 1420. The normalized spacial score (nSPS) is 28.0. The van der Waals surface area contributed by atoms with Crippen LogP contribution in [0.5, 0.6) is 0 Å². The Kier molecular flexibility index (Phi) is 9.53. The molecular weight excluding hydrogens is 581 g/mol. The van der Waals surface area contributed by atoms with Crippen molar-refractivity contribution in [3.8, 4) is 0 Å². The van der Waals surface area contributed by atoms with Gasteiger partial charge in [-0.3, -0.25) is 4.79 Å². The first kappa shape index (κ1) is 31.9. The molecule has 3 aliphatic rings. The number of fused-ring (bicyclic) bond motifs is 2. The van der Waals surface area contributed by atoms with Crippen LogP contribution in [0.2, 0.25) is 0 Å². The van der Waals surface area contributed by atoms with Crippen LogP contribution in [-0.2, 0) is 26.0 Å². The first-order valence-corrected chi connectivity index (χ1v) is 16.6. The van der Waals surface area contributed by atoms with Crippen molar-refractivity contribution in [3.05, 3.63) is 65.0 Å². The summed E-state index contributed by atoms with van der Waals surface area (Å²) < 4.78 is 76.5. The fraction of sp³-hybridized carbons (Fsp3) is 0.581. The number of carbonyl (C=O) groups excluding carboxylic acids is 1. The van der Waals surface area contributed by atoms with Gasteiger partial charge in [0.1, 0.15) is 5.82 Å². The number of ether oxygens (including phenoxy) is 1. The molecule has 3 saturated heterocycles. The van der Waals surface area contributed by atoms with Gasteiger partial charge >= 0.3 is 0 Å². The Morgan fingerprint density at radius 3 is 2.63 bits per heavy atom. The van der Waals surface area contributed by atoms with E-state index >= 15 is 4.39 Å². The van der Waals surface area contributed by atoms with Crippen LogP contribution in [0.1, 0.15) is 63.0 Å². The third-order valence-electron chi connectivity index (χ3n) is 9.13. The number of piperazine rings is 1. The average molecular weight is 623 g/mol. The van der Waals surface area contributed by atoms with E-state index in [0.717, 1.165) is 12.5 Å². The molecule has 236 valence electrons. The van der Waals surface area contributed by atoms with Crippen LogP contribution in [0, 0.1) is 23.4 Å². The number of amides is 1. The van der Waals surface area contributed by atoms with Crippen molar-refractivity contribution in [1.29, 1.82) is 0 Å². The highest BCUT2D eigenvalue weighted by atomic mass is 32.2. The van der Waals surface area contributed by atoms with Crippen molar-refractivity contribution in [2.45, 2.75) is 82.0 Å². The minimum absolute atomic E-state index is 0.00697. The molecule has 12 heteroatoms. The number of rotatable bonds is 8. The van der Waals surface area contributed by atoms with Gasteiger partial charge < -0.3 is 21.1 Å². The molecule has 0 aliphatic carbocycles. The minimum Gasteiger partial charge on any atom is -0.376 e. The summed E-state index contributed by atoms with van der Waals surface area (Å²) in [5, 5.41) is 6.11. The summed E-state index contributed by atoms with van der Waals surface area (Å²) >= 11 is 0. The van der Waals surface area contributed by atoms with Gasteiger partial charge in [-0.05, 0) is 88.1 Å². The number of benzene rings is 2. The number of nitrogens with zero attached hydrogens (tertiary/aromatic N) is 1. The van der Waals surface area contributed by atoms with E-state index in [1.54, 1.807) is 12.1 Å². The van der Waals surface area contributed by atoms with Crippen LogP contribution in [0.3, 0.4) is 0 Å². The second-order valence-corrected chi connectivity index (χ2v) is 14.7. The molecule has 0 aromatic heterocycles. The predicted molar refractivity (Wildman–Crippen MR) is 158 cm³/mol. The lowest BCUT2D eigenvalue weighted by Crippen LogP contribution is -2.57. The quantitative estimate of drug-likeness (QED) is 0.410. The van der Waals surface area contributed by atoms with E-state index in [1.165, 1.54) is 22.5 Å². The predicted octanol–water partition coefficient (Wildman–Crippen LogP) is 4.06. The van der Waals surface area contributed by atoms with Gasteiger partial charge in [0, 0.05) is 48.9 Å². The van der Waals surface area contributed by atoms with Crippen molar-refractivity contribution >= 4 is 21.6 Å². The van der Waals surface area contributed by atoms with E-state index in [9.17, 15) is 22.0 Å². The molecule has 2 aromatic carbocycles. The first-order valence-electron chi connectivity index (χ1n) is 15.0. The third kappa shape index (κ3) is 7.25. The third-order valence-corrected chi connectivity index (χ3v) is 11.1. The largest absolute Gasteiger partial charge is 0.376 e. The summed E-state index contributed by atoms with van der Waals surface area (Å²) in [5.41, 5.74) is 6.93. The van der Waals surface area contributed by atoms with Gasteiger partial charge in [-0.1, -0.05) is 12.1 Å². The van der Waals surface area contributed by atoms with Gasteiger partial charge in [0.15, 0.2) is 11.6 Å². The van der Waals surface area contributed by atoms with Gasteiger partial charge in [0.2, 0.25) is 15.9 Å². The van der Waals surface area contributed by atoms with Crippen LogP contribution < -0.4 is 16.4 Å². The molecule has 2 aromatic rings. The number of hydrogen-bond acceptors (Lipinski definition) is 6. The molecule has 4 N–H and O–H groups in total. The SMILES string of the molecule is CC1(C)CC(C(c2ccc(F)cc2)C(N)C(=O)Nc2ccc(F)c(F)c2CCC2CNC3CCCS(=O)(=O)N2C3)CCO1. The molecule has 6 unspecified atom stereocenters. The lowest BCUT2D eigenvalue weighted by molar-refractivity contribution is -0.119. The zero-order valence-electron chi connectivity index (χ0n) is 24.6. The standard InChI is InChI=1S/C31H41F3N4O4S/c1-31(2)16-20(13-14-42-31)27(19-5-7-21(32)8-6-19)29(35)30(39)37-26-12-11-25(33)28(34)24(26)10-9-23-17-36-22-4-3-15-43(40,41)38(23)18-22/h5-8,11-12,20,22-23,27,29,36H,3-4,9-10,13-18,35H2,1-2H3,(H,37,39). The van der Waals surface area contributed by atoms with Gasteiger partial charge in [0.05, 0.1) is 17.4 Å². The number of anilines is 1. The summed E-state index contributed by atoms with van der Waals surface area (Å²) in [4.78, 5) is 13.7. The fourth-order valence-corrected chi connectivity index (χ4v) is 8.74. The summed E-state index contributed by atoms with van der Waals surface area (Å²) in [6.07, 6.45) is 2.86. The Morgan fingerprint density at radius 2 is 1.91 bits per heavy atom. The van der Waals surface area contributed by atoms with E-state index in [1.807, 2.05) is 13.8 Å². The summed E-state index contributed by atoms with van der Waals surface area (Å²) in [6.45, 7) is 5.19. The number of nitrogens with one attached hydrogen (secondary N) is 2. The molecule has 3 heterocycles. The zero-order valence-corrected chi connectivity index (χ0v) is 25.4. The number of hydrogen-bond donors (Lipinski definition) is 3. The second kappa shape index (κ2) is 12.8. The smallest absolute Gasteiger partial charge is 0.241 e. The molecule has 1 amide bonds. The van der Waals surface area contributed by atoms with E-state index in [-0.39, 0.29) is 41.8 Å². The topological polar surface area (TPSA) is 114 Å². The van der Waals surface area contributed by atoms with Crippen molar-refractivity contribution in [2.24, 2.45) is 11.7 Å². The maximum absolute atomic E-state index is 15.2. The van der Waals surface area contributed by atoms with Crippen molar-refractivity contribution in [3.63, 3.8) is 0 Å². The Morgan fingerprint density at radius 1 is 1.16 bits per heavy atom. The van der Waals surface area contributed by atoms with Gasteiger partial charge in [-0.25, -0.2) is 21.6 Å². The highest BCUT2D eigenvalue weighted by molar-refractivity contribution is 7.89. The highest BCUT2D eigenvalue weighted by Crippen LogP contribution is 2.40. The number of carbonyl (C=O) groups is 1. The monoisotopic (exact) mass is 622 g/mol. The van der Waals surface area contributed by atoms with Crippen molar-refractivity contribution in [1.82, 2.24) is 9.62 Å². The first-order chi connectivity index (χ1) is 20.3. The van der Waals surface area contributed by atoms with Crippen LogP contribution in [0.4, 0.5) is 18.9 Å². The van der Waals surface area contributed by atoms with Crippen LogP contribution in [0.15, 0.2) is 36.4 Å². The molecule has 43 heavy (non-hydrogen) atoms. The molecule has 3 aliphatic heterocycles. The van der Waals surface area contributed by atoms with Gasteiger partial charge in [-0.15, -0.1) is 0 Å². The minimum atomic E-state index is -3.45. The molecule has 0 radical (unpaired) electrons. The summed E-state index contributed by atoms with van der Waals surface area (Å²) in [6, 6.07) is 6.74. The molecule has 5 rings (SSSR count). The van der Waals surface area contributed by atoms with Crippen molar-refractivity contribution in [2.75, 3.05) is 30.8 Å². The summed E-state index contributed by atoms with van der Waals surface area (Å²) in [7, 11) is -3.45. The fourth-order valence-electron chi connectivity index (χ4n) is 6.93. The van der Waals surface area contributed by atoms with Crippen LogP contribution in [0.25, 0.3) is 0 Å². The van der Waals surface area contributed by atoms with Crippen LogP contribution >= 0.6 is 0 Å². The molecule has 2 bridgehead atoms. The molecule has 8 nitrogen and oxygen atoms in total. The van der Waals surface area contributed by atoms with Gasteiger partial charge in [-0.2, -0.15) is 4.31 Å². The van der Waals surface area contributed by atoms with Gasteiger partial charge in [0.25, 0.3) is 0 Å². The van der Waals surface area contributed by atoms with E-state index in [0.29, 0.717) is 44.5 Å². The lowest BCUT2D eigenvalue weighted by Gasteiger charge is -2.41. The number of nitrogens with two attached hydrogens (primary N) is 1. The Labute approximate surface area is 251 Å². The lowest BCUT2D eigenvalue weighted by atomic mass is 9.73. The maximum atomic E-state index is 15.2. The molecular formula is C31H41F3N4O4S. The highest BCUT2D eigenvalue weighted by Gasteiger charge is 2.40. The second-order valence-electron chi connectivity index (χ2n) is 12.7. The zero-order chi connectivity index (χ0) is 30.9. The molecule has 3 fully saturated rings. The summed E-state index contributed by atoms with van der Waals surface area (Å²) in [5.74, 6) is -3.60. The number of halogens is 3. The van der Waals surface area contributed by atoms with Crippen molar-refractivity contribution < 1.29 is 31.1 Å². The number of sulfonamides is 1. The molecule has 0 saturated carbocycles. The maximum Gasteiger partial charge on any atom is 0.241 e. The van der Waals surface area contributed by atoms with E-state index in [4.69, 9.17) is 10.5 Å². The van der Waals surface area contributed by atoms with Crippen LogP contribution in [-0.4, -0.2) is 67.8 Å². The molecule has 6 atom stereocenters. The molecule has 0 spiro atoms. The van der Waals surface area contributed by atoms with E-state index in [2.05, 4.69) is 10.6 Å².